The number of rotatable bonds is 6. The number of nitrogens with two attached hydrogens (primary N) is 1. The van der Waals surface area contributed by atoms with Crippen LogP contribution in [-0.4, -0.2) is 30.4 Å². The van der Waals surface area contributed by atoms with Crippen molar-refractivity contribution in [3.63, 3.8) is 0 Å². The van der Waals surface area contributed by atoms with Crippen LogP contribution in [0.3, 0.4) is 0 Å². The van der Waals surface area contributed by atoms with Gasteiger partial charge >= 0.3 is 0 Å². The van der Waals surface area contributed by atoms with Crippen LogP contribution in [0, 0.1) is 5.92 Å². The summed E-state index contributed by atoms with van der Waals surface area (Å²) in [5, 5.41) is 0. The quantitative estimate of drug-likeness (QED) is 0.708. The first-order chi connectivity index (χ1) is 6.52. The van der Waals surface area contributed by atoms with Crippen molar-refractivity contribution < 1.29 is 4.79 Å². The molecule has 0 bridgehead atoms. The predicted molar refractivity (Wildman–Crippen MR) is 60.0 cm³/mol. The smallest absolute Gasteiger partial charge is 0.222 e. The molecule has 84 valence electrons. The van der Waals surface area contributed by atoms with Crippen LogP contribution < -0.4 is 5.73 Å². The zero-order valence-corrected chi connectivity index (χ0v) is 9.92. The van der Waals surface area contributed by atoms with Gasteiger partial charge in [-0.1, -0.05) is 13.8 Å². The summed E-state index contributed by atoms with van der Waals surface area (Å²) in [7, 11) is 1.88. The molecule has 3 nitrogen and oxygen atoms in total. The highest BCUT2D eigenvalue weighted by atomic mass is 16.2. The van der Waals surface area contributed by atoms with Crippen LogP contribution in [0.1, 0.15) is 40.0 Å². The number of carbonyl (C=O) groups excluding carboxylic acids is 1. The molecule has 0 aliphatic carbocycles. The minimum Gasteiger partial charge on any atom is -0.343 e. The Morgan fingerprint density at radius 2 is 2.00 bits per heavy atom. The third-order valence-electron chi connectivity index (χ3n) is 2.90. The van der Waals surface area contributed by atoms with Crippen molar-refractivity contribution in [1.29, 1.82) is 0 Å². The molecule has 0 aliphatic rings. The molecule has 0 aromatic rings. The lowest BCUT2D eigenvalue weighted by Crippen LogP contribution is -2.34. The number of hydrogen-bond donors (Lipinski definition) is 1. The van der Waals surface area contributed by atoms with E-state index in [1.807, 2.05) is 11.9 Å². The summed E-state index contributed by atoms with van der Waals surface area (Å²) < 4.78 is 0. The van der Waals surface area contributed by atoms with Gasteiger partial charge in [0.2, 0.25) is 5.91 Å². The number of hydrogen-bond acceptors (Lipinski definition) is 2. The fraction of sp³-hybridized carbons (Fsp3) is 0.909. The first-order valence-electron chi connectivity index (χ1n) is 5.48. The predicted octanol–water partition coefficient (Wildman–Crippen LogP) is 1.62. The lowest BCUT2D eigenvalue weighted by molar-refractivity contribution is -0.132. The molecule has 0 spiro atoms. The summed E-state index contributed by atoms with van der Waals surface area (Å²) in [5.41, 5.74) is 5.50. The summed E-state index contributed by atoms with van der Waals surface area (Å²) in [6, 6.07) is 0.343. The van der Waals surface area contributed by atoms with Gasteiger partial charge in [0.15, 0.2) is 0 Å². The molecule has 3 heteroatoms. The monoisotopic (exact) mass is 200 g/mol. The van der Waals surface area contributed by atoms with Gasteiger partial charge in [-0.3, -0.25) is 4.79 Å². The highest BCUT2D eigenvalue weighted by Gasteiger charge is 2.14. The van der Waals surface area contributed by atoms with Crippen LogP contribution in [0.15, 0.2) is 0 Å². The Hall–Kier alpha value is -0.570. The zero-order chi connectivity index (χ0) is 11.1. The van der Waals surface area contributed by atoms with Gasteiger partial charge in [-0.05, 0) is 32.2 Å². The van der Waals surface area contributed by atoms with Gasteiger partial charge in [0.25, 0.3) is 0 Å². The van der Waals surface area contributed by atoms with Crippen molar-refractivity contribution in [3.05, 3.63) is 0 Å². The molecule has 2 unspecified atom stereocenters. The Kier molecular flexibility index (Phi) is 6.54. The van der Waals surface area contributed by atoms with E-state index in [2.05, 4.69) is 20.8 Å². The fourth-order valence-electron chi connectivity index (χ4n) is 1.18. The second-order valence-electron chi connectivity index (χ2n) is 4.14. The van der Waals surface area contributed by atoms with E-state index in [0.29, 0.717) is 24.9 Å². The Labute approximate surface area is 87.6 Å². The Bertz CT molecular complexity index is 171. The molecule has 0 radical (unpaired) electrons. The van der Waals surface area contributed by atoms with Crippen LogP contribution in [0.4, 0.5) is 0 Å². The van der Waals surface area contributed by atoms with E-state index >= 15 is 0 Å². The average molecular weight is 200 g/mol. The number of carbonyl (C=O) groups is 1. The first-order valence-corrected chi connectivity index (χ1v) is 5.48. The molecule has 2 atom stereocenters. The van der Waals surface area contributed by atoms with Gasteiger partial charge in [-0.25, -0.2) is 0 Å². The lowest BCUT2D eigenvalue weighted by Gasteiger charge is -2.24. The van der Waals surface area contributed by atoms with Crippen LogP contribution in [0.5, 0.6) is 0 Å². The molecule has 0 aromatic heterocycles. The van der Waals surface area contributed by atoms with Crippen LogP contribution in [-0.2, 0) is 4.79 Å². The molecule has 14 heavy (non-hydrogen) atoms. The third kappa shape index (κ3) is 4.61. The van der Waals surface area contributed by atoms with Gasteiger partial charge in [-0.15, -0.1) is 0 Å². The molecular weight excluding hydrogens is 176 g/mol. The van der Waals surface area contributed by atoms with Crippen molar-refractivity contribution in [2.24, 2.45) is 11.7 Å². The number of nitrogens with zero attached hydrogens (tertiary/aromatic N) is 1. The van der Waals surface area contributed by atoms with Gasteiger partial charge in [0.1, 0.15) is 0 Å². The maximum Gasteiger partial charge on any atom is 0.222 e. The second-order valence-corrected chi connectivity index (χ2v) is 4.14. The van der Waals surface area contributed by atoms with Crippen LogP contribution in [0.2, 0.25) is 0 Å². The molecule has 0 saturated carbocycles. The lowest BCUT2D eigenvalue weighted by atomic mass is 10.1. The van der Waals surface area contributed by atoms with Crippen LogP contribution in [0.25, 0.3) is 0 Å². The molecule has 0 fully saturated rings. The molecule has 0 heterocycles. The van der Waals surface area contributed by atoms with E-state index in [-0.39, 0.29) is 5.91 Å². The summed E-state index contributed by atoms with van der Waals surface area (Å²) in [5.74, 6) is 0.684. The molecule has 2 N–H and O–H groups in total. The van der Waals surface area contributed by atoms with Gasteiger partial charge in [0.05, 0.1) is 0 Å². The van der Waals surface area contributed by atoms with Gasteiger partial charge < -0.3 is 10.6 Å². The molecule has 0 saturated heterocycles. The molecule has 0 rings (SSSR count). The topological polar surface area (TPSA) is 46.3 Å². The third-order valence-corrected chi connectivity index (χ3v) is 2.90. The second kappa shape index (κ2) is 6.82. The van der Waals surface area contributed by atoms with E-state index in [1.165, 1.54) is 0 Å². The van der Waals surface area contributed by atoms with Crippen molar-refractivity contribution in [2.45, 2.75) is 46.1 Å². The fourth-order valence-corrected chi connectivity index (χ4v) is 1.18. The summed E-state index contributed by atoms with van der Waals surface area (Å²) >= 11 is 0. The van der Waals surface area contributed by atoms with Crippen LogP contribution >= 0.6 is 0 Å². The van der Waals surface area contributed by atoms with E-state index in [9.17, 15) is 4.79 Å². The van der Waals surface area contributed by atoms with E-state index in [1.54, 1.807) is 0 Å². The van der Waals surface area contributed by atoms with E-state index in [4.69, 9.17) is 5.73 Å². The van der Waals surface area contributed by atoms with Crippen molar-refractivity contribution in [1.82, 2.24) is 4.90 Å². The van der Waals surface area contributed by atoms with E-state index in [0.717, 1.165) is 12.8 Å². The van der Waals surface area contributed by atoms with Crippen molar-refractivity contribution in [2.75, 3.05) is 13.6 Å². The Morgan fingerprint density at radius 3 is 2.43 bits per heavy atom. The minimum atomic E-state index is 0.236. The highest BCUT2D eigenvalue weighted by Crippen LogP contribution is 2.08. The molecule has 0 aromatic carbocycles. The zero-order valence-electron chi connectivity index (χ0n) is 9.92. The number of amides is 1. The Balaban J connectivity index is 3.84. The highest BCUT2D eigenvalue weighted by molar-refractivity contribution is 5.76. The standard InChI is InChI=1S/C11H24N2O/c1-5-10(3)13(4)11(14)7-6-9(2)8-12/h9-10H,5-8,12H2,1-4H3. The van der Waals surface area contributed by atoms with Gasteiger partial charge in [-0.2, -0.15) is 0 Å². The molecular formula is C11H24N2O. The largest absolute Gasteiger partial charge is 0.343 e. The van der Waals surface area contributed by atoms with E-state index < -0.39 is 0 Å². The average Bonchev–Trinajstić information content (AvgIpc) is 2.22. The van der Waals surface area contributed by atoms with Gasteiger partial charge in [0, 0.05) is 19.5 Å². The SMILES string of the molecule is CCC(C)N(C)C(=O)CCC(C)CN. The Morgan fingerprint density at radius 1 is 1.43 bits per heavy atom. The summed E-state index contributed by atoms with van der Waals surface area (Å²) in [4.78, 5) is 13.5. The minimum absolute atomic E-state index is 0.236. The molecule has 1 amide bonds. The van der Waals surface area contributed by atoms with Crippen molar-refractivity contribution in [3.8, 4) is 0 Å². The maximum absolute atomic E-state index is 11.6. The maximum atomic E-state index is 11.6. The molecule has 0 aliphatic heterocycles. The normalized spacial score (nSPS) is 14.9. The summed E-state index contributed by atoms with van der Waals surface area (Å²) in [6.45, 7) is 6.91. The first kappa shape index (κ1) is 13.4. The van der Waals surface area contributed by atoms with Crippen molar-refractivity contribution >= 4 is 5.91 Å². The summed E-state index contributed by atoms with van der Waals surface area (Å²) in [6.07, 6.45) is 2.53.